The Balaban J connectivity index is 1.89. The Bertz CT molecular complexity index is 425. The zero-order valence-electron chi connectivity index (χ0n) is 11.4. The highest BCUT2D eigenvalue weighted by atomic mass is 32.2. The molecule has 0 spiro atoms. The maximum absolute atomic E-state index is 12.0. The quantitative estimate of drug-likeness (QED) is 0.833. The fourth-order valence-electron chi connectivity index (χ4n) is 2.08. The Hall–Kier alpha value is -1.30. The molecule has 1 amide bonds. The third-order valence-electron chi connectivity index (χ3n) is 3.52. The van der Waals surface area contributed by atoms with Crippen molar-refractivity contribution in [1.82, 2.24) is 15.5 Å². The molecule has 104 valence electrons. The minimum atomic E-state index is -0.143. The van der Waals surface area contributed by atoms with Crippen molar-refractivity contribution in [1.29, 1.82) is 0 Å². The number of carbonyl (C=O) groups excluding carboxylic acids is 1. The average molecular weight is 280 g/mol. The van der Waals surface area contributed by atoms with Crippen molar-refractivity contribution in [2.24, 2.45) is 0 Å². The van der Waals surface area contributed by atoms with Crippen molar-refractivity contribution in [3.63, 3.8) is 0 Å². The van der Waals surface area contributed by atoms with Gasteiger partial charge in [-0.1, -0.05) is 6.42 Å². The first-order chi connectivity index (χ1) is 9.19. The molecule has 0 aliphatic heterocycles. The second-order valence-electron chi connectivity index (χ2n) is 4.76. The van der Waals surface area contributed by atoms with E-state index in [1.807, 2.05) is 18.7 Å². The largest absolute Gasteiger partial charge is 0.369 e. The van der Waals surface area contributed by atoms with E-state index >= 15 is 0 Å². The molecule has 0 bridgehead atoms. The zero-order chi connectivity index (χ0) is 13.7. The number of hydrogen-bond acceptors (Lipinski definition) is 5. The lowest BCUT2D eigenvalue weighted by atomic mass is 9.84. The molecule has 1 aliphatic carbocycles. The molecule has 0 aromatic carbocycles. The number of amides is 1. The van der Waals surface area contributed by atoms with Crippen LogP contribution in [0.5, 0.6) is 0 Å². The first kappa shape index (κ1) is 14.1. The van der Waals surface area contributed by atoms with E-state index in [1.54, 1.807) is 12.1 Å². The Morgan fingerprint density at radius 1 is 1.42 bits per heavy atom. The summed E-state index contributed by atoms with van der Waals surface area (Å²) in [5.74, 6) is 0.550. The molecule has 1 aromatic rings. The van der Waals surface area contributed by atoms with Crippen LogP contribution in [0.25, 0.3) is 0 Å². The summed E-state index contributed by atoms with van der Waals surface area (Å²) in [5, 5.41) is 13.9. The first-order valence-electron chi connectivity index (χ1n) is 6.60. The second kappa shape index (κ2) is 6.23. The van der Waals surface area contributed by atoms with E-state index in [2.05, 4.69) is 27.1 Å². The number of hydrogen-bond donors (Lipinski definition) is 2. The fourth-order valence-corrected chi connectivity index (χ4v) is 3.00. The predicted octanol–water partition coefficient (Wildman–Crippen LogP) is 1.92. The van der Waals surface area contributed by atoms with Gasteiger partial charge in [0.15, 0.2) is 5.69 Å². The Morgan fingerprint density at radius 2 is 2.21 bits per heavy atom. The predicted molar refractivity (Wildman–Crippen MR) is 78.6 cm³/mol. The van der Waals surface area contributed by atoms with Gasteiger partial charge in [0.25, 0.3) is 5.91 Å². The third-order valence-corrected chi connectivity index (χ3v) is 4.94. The number of carbonyl (C=O) groups is 1. The summed E-state index contributed by atoms with van der Waals surface area (Å²) in [6, 6.07) is 3.48. The Kier molecular flexibility index (Phi) is 4.63. The van der Waals surface area contributed by atoms with Crippen LogP contribution in [-0.4, -0.2) is 40.2 Å². The van der Waals surface area contributed by atoms with E-state index in [0.717, 1.165) is 6.54 Å². The highest BCUT2D eigenvalue weighted by molar-refractivity contribution is 8.00. The van der Waals surface area contributed by atoms with Crippen molar-refractivity contribution in [2.45, 2.75) is 30.9 Å². The third kappa shape index (κ3) is 3.37. The van der Waals surface area contributed by atoms with E-state index in [0.29, 0.717) is 18.1 Å². The summed E-state index contributed by atoms with van der Waals surface area (Å²) in [6.45, 7) is 3.49. The summed E-state index contributed by atoms with van der Waals surface area (Å²) < 4.78 is 0.243. The summed E-state index contributed by atoms with van der Waals surface area (Å²) in [6.07, 6.45) is 5.73. The van der Waals surface area contributed by atoms with Gasteiger partial charge in [0.2, 0.25) is 0 Å². The van der Waals surface area contributed by atoms with E-state index in [-0.39, 0.29) is 10.7 Å². The lowest BCUT2D eigenvalue weighted by Crippen LogP contribution is -2.45. The fraction of sp³-hybridized carbons (Fsp3) is 0.615. The van der Waals surface area contributed by atoms with Gasteiger partial charge in [-0.15, -0.1) is 10.2 Å². The molecule has 1 fully saturated rings. The molecular weight excluding hydrogens is 260 g/mol. The smallest absolute Gasteiger partial charge is 0.271 e. The molecular formula is C13H20N4OS. The number of thioether (sulfide) groups is 1. The number of rotatable bonds is 6. The van der Waals surface area contributed by atoms with E-state index < -0.39 is 0 Å². The maximum atomic E-state index is 12.0. The number of anilines is 1. The molecule has 0 atom stereocenters. The number of nitrogens with one attached hydrogen (secondary N) is 2. The van der Waals surface area contributed by atoms with Crippen LogP contribution in [0.15, 0.2) is 12.1 Å². The van der Waals surface area contributed by atoms with Crippen LogP contribution in [-0.2, 0) is 0 Å². The summed E-state index contributed by atoms with van der Waals surface area (Å²) >= 11 is 1.84. The molecule has 2 N–H and O–H groups in total. The average Bonchev–Trinajstić information content (AvgIpc) is 2.39. The molecule has 1 aromatic heterocycles. The molecule has 0 unspecified atom stereocenters. The van der Waals surface area contributed by atoms with Gasteiger partial charge in [-0.3, -0.25) is 4.79 Å². The van der Waals surface area contributed by atoms with Gasteiger partial charge in [-0.2, -0.15) is 11.8 Å². The van der Waals surface area contributed by atoms with Gasteiger partial charge < -0.3 is 10.6 Å². The van der Waals surface area contributed by atoms with Gasteiger partial charge in [-0.05, 0) is 38.2 Å². The van der Waals surface area contributed by atoms with Crippen molar-refractivity contribution in [3.05, 3.63) is 17.8 Å². The minimum absolute atomic E-state index is 0.143. The van der Waals surface area contributed by atoms with Crippen molar-refractivity contribution in [3.8, 4) is 0 Å². The standard InChI is InChI=1S/C13H20N4OS/c1-3-14-11-6-5-10(16-17-11)12(18)15-9-13(19-2)7-4-8-13/h5-6H,3-4,7-9H2,1-2H3,(H,14,17)(H,15,18). The van der Waals surface area contributed by atoms with Crippen LogP contribution in [0.2, 0.25) is 0 Å². The van der Waals surface area contributed by atoms with Gasteiger partial charge in [0.05, 0.1) is 0 Å². The molecule has 0 saturated heterocycles. The molecule has 0 radical (unpaired) electrons. The molecule has 19 heavy (non-hydrogen) atoms. The van der Waals surface area contributed by atoms with Crippen LogP contribution in [0.4, 0.5) is 5.82 Å². The SMILES string of the molecule is CCNc1ccc(C(=O)NCC2(SC)CCC2)nn1. The van der Waals surface area contributed by atoms with Crippen LogP contribution in [0.1, 0.15) is 36.7 Å². The van der Waals surface area contributed by atoms with Crippen LogP contribution in [0, 0.1) is 0 Å². The second-order valence-corrected chi connectivity index (χ2v) is 6.03. The normalized spacial score (nSPS) is 16.5. The van der Waals surface area contributed by atoms with E-state index in [4.69, 9.17) is 0 Å². The van der Waals surface area contributed by atoms with E-state index in [1.165, 1.54) is 19.3 Å². The highest BCUT2D eigenvalue weighted by Crippen LogP contribution is 2.42. The molecule has 1 saturated carbocycles. The Labute approximate surface area is 118 Å². The lowest BCUT2D eigenvalue weighted by molar-refractivity contribution is 0.0938. The zero-order valence-corrected chi connectivity index (χ0v) is 12.2. The number of aromatic nitrogens is 2. The molecule has 5 nitrogen and oxygen atoms in total. The summed E-state index contributed by atoms with van der Waals surface area (Å²) in [5.41, 5.74) is 0.372. The van der Waals surface area contributed by atoms with Gasteiger partial charge >= 0.3 is 0 Å². The van der Waals surface area contributed by atoms with Crippen LogP contribution < -0.4 is 10.6 Å². The maximum Gasteiger partial charge on any atom is 0.271 e. The highest BCUT2D eigenvalue weighted by Gasteiger charge is 2.36. The van der Waals surface area contributed by atoms with Gasteiger partial charge in [0.1, 0.15) is 5.82 Å². The Morgan fingerprint density at radius 3 is 2.68 bits per heavy atom. The number of nitrogens with zero attached hydrogens (tertiary/aromatic N) is 2. The molecule has 2 rings (SSSR count). The van der Waals surface area contributed by atoms with Crippen molar-refractivity contribution < 1.29 is 4.79 Å². The summed E-state index contributed by atoms with van der Waals surface area (Å²) in [7, 11) is 0. The lowest BCUT2D eigenvalue weighted by Gasteiger charge is -2.40. The summed E-state index contributed by atoms with van der Waals surface area (Å²) in [4.78, 5) is 12.0. The van der Waals surface area contributed by atoms with Crippen LogP contribution >= 0.6 is 11.8 Å². The van der Waals surface area contributed by atoms with Crippen molar-refractivity contribution >= 4 is 23.5 Å². The molecule has 6 heteroatoms. The monoisotopic (exact) mass is 280 g/mol. The van der Waals surface area contributed by atoms with Crippen LogP contribution in [0.3, 0.4) is 0 Å². The topological polar surface area (TPSA) is 66.9 Å². The minimum Gasteiger partial charge on any atom is -0.369 e. The first-order valence-corrected chi connectivity index (χ1v) is 7.82. The molecule has 1 heterocycles. The molecule has 1 aliphatic rings. The van der Waals surface area contributed by atoms with Gasteiger partial charge in [-0.25, -0.2) is 0 Å². The van der Waals surface area contributed by atoms with Crippen molar-refractivity contribution in [2.75, 3.05) is 24.7 Å². The van der Waals surface area contributed by atoms with E-state index in [9.17, 15) is 4.79 Å². The van der Waals surface area contributed by atoms with Gasteiger partial charge in [0, 0.05) is 17.8 Å².